The first-order valence-corrected chi connectivity index (χ1v) is 7.14. The lowest BCUT2D eigenvalue weighted by Gasteiger charge is -2.23. The van der Waals surface area contributed by atoms with Gasteiger partial charge in [0.2, 0.25) is 0 Å². The summed E-state index contributed by atoms with van der Waals surface area (Å²) < 4.78 is 14.0. The van der Waals surface area contributed by atoms with E-state index in [0.717, 1.165) is 31.0 Å². The van der Waals surface area contributed by atoms with E-state index in [1.807, 2.05) is 11.8 Å². The quantitative estimate of drug-likeness (QED) is 0.879. The number of aliphatic hydroxyl groups is 1. The van der Waals surface area contributed by atoms with Gasteiger partial charge in [0.15, 0.2) is 0 Å². The Morgan fingerprint density at radius 3 is 2.88 bits per heavy atom. The highest BCUT2D eigenvalue weighted by atomic mass is 32.2. The average molecular weight is 255 g/mol. The Bertz CT molecular complexity index is 376. The number of benzene rings is 1. The predicted molar refractivity (Wildman–Crippen MR) is 71.2 cm³/mol. The first kappa shape index (κ1) is 12.7. The third-order valence-corrected chi connectivity index (χ3v) is 4.07. The van der Waals surface area contributed by atoms with Gasteiger partial charge in [-0.3, -0.25) is 0 Å². The first-order chi connectivity index (χ1) is 8.18. The van der Waals surface area contributed by atoms with Crippen molar-refractivity contribution in [2.45, 2.75) is 19.4 Å². The summed E-state index contributed by atoms with van der Waals surface area (Å²) in [6.45, 7) is 3.46. The largest absolute Gasteiger partial charge is 0.389 e. The Labute approximate surface area is 106 Å². The van der Waals surface area contributed by atoms with Crippen molar-refractivity contribution in [2.24, 2.45) is 0 Å². The second-order valence-electron chi connectivity index (χ2n) is 4.34. The molecule has 2 nitrogen and oxygen atoms in total. The third kappa shape index (κ3) is 3.13. The van der Waals surface area contributed by atoms with Gasteiger partial charge in [0, 0.05) is 18.8 Å². The van der Waals surface area contributed by atoms with Crippen LogP contribution in [0.5, 0.6) is 0 Å². The molecular weight excluding hydrogens is 237 g/mol. The molecule has 4 heteroatoms. The summed E-state index contributed by atoms with van der Waals surface area (Å²) in [7, 11) is 0. The molecule has 94 valence electrons. The summed E-state index contributed by atoms with van der Waals surface area (Å²) in [4.78, 5) is 2.10. The smallest absolute Gasteiger partial charge is 0.146 e. The zero-order valence-corrected chi connectivity index (χ0v) is 10.8. The maximum atomic E-state index is 14.0. The van der Waals surface area contributed by atoms with E-state index in [2.05, 4.69) is 4.90 Å². The third-order valence-electron chi connectivity index (χ3n) is 3.02. The van der Waals surface area contributed by atoms with Crippen molar-refractivity contribution < 1.29 is 9.50 Å². The van der Waals surface area contributed by atoms with Crippen molar-refractivity contribution in [3.05, 3.63) is 29.6 Å². The zero-order chi connectivity index (χ0) is 12.3. The van der Waals surface area contributed by atoms with Crippen molar-refractivity contribution in [1.82, 2.24) is 0 Å². The molecular formula is C13H18FNOS. The van der Waals surface area contributed by atoms with E-state index in [0.29, 0.717) is 11.3 Å². The molecule has 1 aliphatic heterocycles. The minimum Gasteiger partial charge on any atom is -0.389 e. The fourth-order valence-corrected chi connectivity index (χ4v) is 2.91. The maximum Gasteiger partial charge on any atom is 0.146 e. The molecule has 0 bridgehead atoms. The van der Waals surface area contributed by atoms with Gasteiger partial charge in [-0.15, -0.1) is 0 Å². The number of rotatable bonds is 2. The van der Waals surface area contributed by atoms with Crippen molar-refractivity contribution in [1.29, 1.82) is 0 Å². The molecule has 1 fully saturated rings. The topological polar surface area (TPSA) is 23.5 Å². The monoisotopic (exact) mass is 255 g/mol. The average Bonchev–Trinajstić information content (AvgIpc) is 2.57. The number of thioether (sulfide) groups is 1. The van der Waals surface area contributed by atoms with Crippen molar-refractivity contribution >= 4 is 17.4 Å². The summed E-state index contributed by atoms with van der Waals surface area (Å²) in [5.74, 6) is 1.98. The van der Waals surface area contributed by atoms with Gasteiger partial charge in [0.25, 0.3) is 0 Å². The van der Waals surface area contributed by atoms with Crippen LogP contribution >= 0.6 is 11.8 Å². The van der Waals surface area contributed by atoms with Gasteiger partial charge in [-0.2, -0.15) is 11.8 Å². The molecule has 0 aliphatic carbocycles. The van der Waals surface area contributed by atoms with Crippen LogP contribution in [0, 0.1) is 5.82 Å². The van der Waals surface area contributed by atoms with Crippen LogP contribution in [0.1, 0.15) is 25.0 Å². The van der Waals surface area contributed by atoms with E-state index in [9.17, 15) is 9.50 Å². The lowest BCUT2D eigenvalue weighted by molar-refractivity contribution is 0.199. The molecule has 1 N–H and O–H groups in total. The molecule has 0 amide bonds. The van der Waals surface area contributed by atoms with Gasteiger partial charge < -0.3 is 10.0 Å². The van der Waals surface area contributed by atoms with Gasteiger partial charge in [0.1, 0.15) is 5.82 Å². The van der Waals surface area contributed by atoms with Gasteiger partial charge in [-0.1, -0.05) is 6.07 Å². The molecule has 0 spiro atoms. The molecule has 0 aromatic heterocycles. The van der Waals surface area contributed by atoms with Crippen molar-refractivity contribution in [2.75, 3.05) is 29.5 Å². The molecule has 1 saturated heterocycles. The fourth-order valence-electron chi connectivity index (χ4n) is 2.03. The summed E-state index contributed by atoms with van der Waals surface area (Å²) in [5.41, 5.74) is 1.30. The van der Waals surface area contributed by atoms with E-state index in [-0.39, 0.29) is 5.82 Å². The minimum atomic E-state index is -0.613. The molecule has 1 atom stereocenters. The fraction of sp³-hybridized carbons (Fsp3) is 0.538. The Hall–Kier alpha value is -0.740. The second kappa shape index (κ2) is 5.74. The van der Waals surface area contributed by atoms with Crippen molar-refractivity contribution in [3.63, 3.8) is 0 Å². The van der Waals surface area contributed by atoms with Gasteiger partial charge >= 0.3 is 0 Å². The maximum absolute atomic E-state index is 14.0. The highest BCUT2D eigenvalue weighted by Crippen LogP contribution is 2.25. The highest BCUT2D eigenvalue weighted by molar-refractivity contribution is 7.99. The number of anilines is 1. The SMILES string of the molecule is C[C@H](O)c1ccc(N2CCCSCC2)c(F)c1. The van der Waals surface area contributed by atoms with Crippen LogP contribution in [0.2, 0.25) is 0 Å². The van der Waals surface area contributed by atoms with Gasteiger partial charge in [-0.25, -0.2) is 4.39 Å². The summed E-state index contributed by atoms with van der Waals surface area (Å²) in [6, 6.07) is 5.03. The summed E-state index contributed by atoms with van der Waals surface area (Å²) >= 11 is 1.92. The number of aliphatic hydroxyl groups excluding tert-OH is 1. The number of nitrogens with zero attached hydrogens (tertiary/aromatic N) is 1. The Kier molecular flexibility index (Phi) is 4.29. The molecule has 1 aromatic rings. The molecule has 1 aromatic carbocycles. The first-order valence-electron chi connectivity index (χ1n) is 5.98. The van der Waals surface area contributed by atoms with Crippen LogP contribution in [0.4, 0.5) is 10.1 Å². The molecule has 0 radical (unpaired) electrons. The van der Waals surface area contributed by atoms with E-state index < -0.39 is 6.10 Å². The van der Waals surface area contributed by atoms with Crippen LogP contribution in [0.3, 0.4) is 0 Å². The Morgan fingerprint density at radius 2 is 2.18 bits per heavy atom. The minimum absolute atomic E-state index is 0.227. The normalized spacial score (nSPS) is 18.9. The van der Waals surface area contributed by atoms with E-state index >= 15 is 0 Å². The van der Waals surface area contributed by atoms with E-state index in [4.69, 9.17) is 0 Å². The van der Waals surface area contributed by atoms with Crippen LogP contribution in [0.15, 0.2) is 18.2 Å². The van der Waals surface area contributed by atoms with E-state index in [1.165, 1.54) is 6.07 Å². The lowest BCUT2D eigenvalue weighted by atomic mass is 10.1. The Balaban J connectivity index is 2.19. The molecule has 0 saturated carbocycles. The summed E-state index contributed by atoms with van der Waals surface area (Å²) in [6.07, 6.45) is 0.487. The number of hydrogen-bond donors (Lipinski definition) is 1. The molecule has 2 rings (SSSR count). The van der Waals surface area contributed by atoms with E-state index in [1.54, 1.807) is 19.1 Å². The van der Waals surface area contributed by atoms with Gasteiger partial charge in [-0.05, 0) is 36.8 Å². The standard InChI is InChI=1S/C13H18FNOS/c1-10(16)11-3-4-13(12(14)9-11)15-5-2-7-17-8-6-15/h3-4,9-10,16H,2,5-8H2,1H3/t10-/m0/s1. The highest BCUT2D eigenvalue weighted by Gasteiger charge is 2.15. The molecule has 1 aliphatic rings. The summed E-state index contributed by atoms with van der Waals surface area (Å²) in [5, 5.41) is 9.41. The van der Waals surface area contributed by atoms with Gasteiger partial charge in [0.05, 0.1) is 11.8 Å². The van der Waals surface area contributed by atoms with Crippen LogP contribution in [-0.4, -0.2) is 29.7 Å². The van der Waals surface area contributed by atoms with Crippen molar-refractivity contribution in [3.8, 4) is 0 Å². The number of halogens is 1. The van der Waals surface area contributed by atoms with Crippen LogP contribution < -0.4 is 4.90 Å². The zero-order valence-electron chi connectivity index (χ0n) is 10.0. The number of hydrogen-bond acceptors (Lipinski definition) is 3. The second-order valence-corrected chi connectivity index (χ2v) is 5.56. The Morgan fingerprint density at radius 1 is 1.35 bits per heavy atom. The molecule has 1 heterocycles. The molecule has 0 unspecified atom stereocenters. The predicted octanol–water partition coefficient (Wildman–Crippen LogP) is 2.82. The lowest BCUT2D eigenvalue weighted by Crippen LogP contribution is -2.26. The molecule has 17 heavy (non-hydrogen) atoms. The van der Waals surface area contributed by atoms with Crippen LogP contribution in [-0.2, 0) is 0 Å². The van der Waals surface area contributed by atoms with Crippen LogP contribution in [0.25, 0.3) is 0 Å².